The van der Waals surface area contributed by atoms with E-state index in [0.717, 1.165) is 24.1 Å². The van der Waals surface area contributed by atoms with E-state index in [1.807, 2.05) is 42.5 Å². The highest BCUT2D eigenvalue weighted by Crippen LogP contribution is 2.26. The van der Waals surface area contributed by atoms with E-state index in [1.165, 1.54) is 12.8 Å². The van der Waals surface area contributed by atoms with Crippen LogP contribution < -0.4 is 10.1 Å². The summed E-state index contributed by atoms with van der Waals surface area (Å²) in [5.74, 6) is 0.873. The number of ether oxygens (including phenoxy) is 1. The fraction of sp³-hybridized carbons (Fsp3) is 0.409. The van der Waals surface area contributed by atoms with Crippen LogP contribution in [-0.2, 0) is 0 Å². The lowest BCUT2D eigenvalue weighted by molar-refractivity contribution is 0.102. The van der Waals surface area contributed by atoms with E-state index < -0.39 is 0 Å². The molecule has 0 heterocycles. The maximum absolute atomic E-state index is 12.8. The molecule has 0 fully saturated rings. The molecule has 0 saturated carbocycles. The first-order valence-electron chi connectivity index (χ1n) is 9.25. The van der Waals surface area contributed by atoms with Crippen LogP contribution in [0.25, 0.3) is 0 Å². The minimum atomic E-state index is -0.128. The zero-order valence-corrected chi connectivity index (χ0v) is 15.5. The number of hydrogen-bond donors (Lipinski definition) is 1. The molecular formula is C22H29NO2. The molecule has 2 aromatic carbocycles. The monoisotopic (exact) mass is 339 g/mol. The lowest BCUT2D eigenvalue weighted by Gasteiger charge is -2.15. The Morgan fingerprint density at radius 3 is 2.48 bits per heavy atom. The summed E-state index contributed by atoms with van der Waals surface area (Å²) in [7, 11) is 0. The zero-order chi connectivity index (χ0) is 18.1. The molecule has 0 aliphatic rings. The highest BCUT2D eigenvalue weighted by Gasteiger charge is 2.14. The van der Waals surface area contributed by atoms with Crippen LogP contribution in [0.4, 0.5) is 5.69 Å². The first kappa shape index (κ1) is 19.0. The zero-order valence-electron chi connectivity index (χ0n) is 15.5. The van der Waals surface area contributed by atoms with Crippen molar-refractivity contribution in [1.82, 2.24) is 0 Å². The van der Waals surface area contributed by atoms with Gasteiger partial charge in [-0.2, -0.15) is 0 Å². The predicted molar refractivity (Wildman–Crippen MR) is 105 cm³/mol. The van der Waals surface area contributed by atoms with Gasteiger partial charge in [0.15, 0.2) is 0 Å². The molecule has 3 heteroatoms. The van der Waals surface area contributed by atoms with Crippen LogP contribution in [0.2, 0.25) is 0 Å². The molecule has 0 unspecified atom stereocenters. The minimum Gasteiger partial charge on any atom is -0.493 e. The van der Waals surface area contributed by atoms with E-state index in [0.29, 0.717) is 23.8 Å². The van der Waals surface area contributed by atoms with Crippen LogP contribution in [0.1, 0.15) is 68.3 Å². The first-order chi connectivity index (χ1) is 12.1. The molecule has 2 rings (SSSR count). The summed E-state index contributed by atoms with van der Waals surface area (Å²) in [6.07, 6.45) is 4.60. The Kier molecular flexibility index (Phi) is 7.52. The highest BCUT2D eigenvalue weighted by atomic mass is 16.5. The van der Waals surface area contributed by atoms with Crippen molar-refractivity contribution in [3.05, 3.63) is 59.7 Å². The molecule has 0 atom stereocenters. The highest BCUT2D eigenvalue weighted by molar-refractivity contribution is 6.06. The third kappa shape index (κ3) is 5.63. The standard InChI is InChI=1S/C22H29NO2/c1-4-5-6-11-16-25-21-15-10-8-13-19(21)22(24)23-20-14-9-7-12-18(20)17(2)3/h7-10,12-15,17H,4-6,11,16H2,1-3H3,(H,23,24). The van der Waals surface area contributed by atoms with Gasteiger partial charge in [0.05, 0.1) is 12.2 Å². The molecule has 1 amide bonds. The van der Waals surface area contributed by atoms with Gasteiger partial charge < -0.3 is 10.1 Å². The minimum absolute atomic E-state index is 0.128. The Balaban J connectivity index is 2.07. The van der Waals surface area contributed by atoms with Crippen LogP contribution in [0.5, 0.6) is 5.75 Å². The number of carbonyl (C=O) groups excluding carboxylic acids is 1. The van der Waals surface area contributed by atoms with Gasteiger partial charge in [-0.3, -0.25) is 4.79 Å². The van der Waals surface area contributed by atoms with Crippen LogP contribution in [-0.4, -0.2) is 12.5 Å². The lowest BCUT2D eigenvalue weighted by atomic mass is 10.0. The summed E-state index contributed by atoms with van der Waals surface area (Å²) >= 11 is 0. The van der Waals surface area contributed by atoms with Gasteiger partial charge in [0, 0.05) is 5.69 Å². The number of hydrogen-bond acceptors (Lipinski definition) is 2. The number of nitrogens with one attached hydrogen (secondary N) is 1. The van der Waals surface area contributed by atoms with Crippen LogP contribution in [0.15, 0.2) is 48.5 Å². The molecule has 0 aromatic heterocycles. The number of benzene rings is 2. The van der Waals surface area contributed by atoms with Gasteiger partial charge in [-0.1, -0.05) is 70.4 Å². The number of amides is 1. The van der Waals surface area contributed by atoms with Gasteiger partial charge in [-0.15, -0.1) is 0 Å². The van der Waals surface area contributed by atoms with Gasteiger partial charge in [0.25, 0.3) is 5.91 Å². The summed E-state index contributed by atoms with van der Waals surface area (Å²) in [6.45, 7) is 7.08. The van der Waals surface area contributed by atoms with Crippen LogP contribution in [0.3, 0.4) is 0 Å². The summed E-state index contributed by atoms with van der Waals surface area (Å²) in [5, 5.41) is 3.04. The molecule has 1 N–H and O–H groups in total. The van der Waals surface area contributed by atoms with Crippen molar-refractivity contribution in [2.24, 2.45) is 0 Å². The Morgan fingerprint density at radius 2 is 1.72 bits per heavy atom. The van der Waals surface area contributed by atoms with E-state index in [4.69, 9.17) is 4.74 Å². The van der Waals surface area contributed by atoms with Crippen molar-refractivity contribution in [2.45, 2.75) is 52.4 Å². The van der Waals surface area contributed by atoms with Crippen molar-refractivity contribution in [3.8, 4) is 5.75 Å². The predicted octanol–water partition coefficient (Wildman–Crippen LogP) is 6.02. The summed E-state index contributed by atoms with van der Waals surface area (Å²) in [5.41, 5.74) is 2.57. The average molecular weight is 339 g/mol. The molecule has 134 valence electrons. The number of carbonyl (C=O) groups is 1. The van der Waals surface area contributed by atoms with Crippen molar-refractivity contribution in [1.29, 1.82) is 0 Å². The van der Waals surface area contributed by atoms with Gasteiger partial charge in [0.1, 0.15) is 5.75 Å². The second-order valence-corrected chi connectivity index (χ2v) is 6.60. The van der Waals surface area contributed by atoms with Gasteiger partial charge >= 0.3 is 0 Å². The van der Waals surface area contributed by atoms with Gasteiger partial charge in [-0.05, 0) is 36.1 Å². The van der Waals surface area contributed by atoms with Crippen molar-refractivity contribution in [2.75, 3.05) is 11.9 Å². The van der Waals surface area contributed by atoms with Crippen molar-refractivity contribution < 1.29 is 9.53 Å². The third-order valence-corrected chi connectivity index (χ3v) is 4.22. The normalized spacial score (nSPS) is 10.7. The molecule has 2 aromatic rings. The Bertz CT molecular complexity index is 679. The number of rotatable bonds is 9. The quantitative estimate of drug-likeness (QED) is 0.567. The van der Waals surface area contributed by atoms with E-state index in [9.17, 15) is 4.79 Å². The molecule has 0 aliphatic carbocycles. The van der Waals surface area contributed by atoms with Crippen LogP contribution >= 0.6 is 0 Å². The van der Waals surface area contributed by atoms with Crippen molar-refractivity contribution >= 4 is 11.6 Å². The molecule has 3 nitrogen and oxygen atoms in total. The largest absolute Gasteiger partial charge is 0.493 e. The fourth-order valence-electron chi connectivity index (χ4n) is 2.80. The maximum atomic E-state index is 12.8. The Labute approximate surface area is 151 Å². The van der Waals surface area contributed by atoms with E-state index >= 15 is 0 Å². The first-order valence-corrected chi connectivity index (χ1v) is 9.25. The summed E-state index contributed by atoms with van der Waals surface area (Å²) < 4.78 is 5.86. The molecule has 0 spiro atoms. The second kappa shape index (κ2) is 9.87. The summed E-state index contributed by atoms with van der Waals surface area (Å²) in [4.78, 5) is 12.8. The number of anilines is 1. The SMILES string of the molecule is CCCCCCOc1ccccc1C(=O)Nc1ccccc1C(C)C. The van der Waals surface area contributed by atoms with Crippen LogP contribution in [0, 0.1) is 0 Å². The third-order valence-electron chi connectivity index (χ3n) is 4.22. The fourth-order valence-corrected chi connectivity index (χ4v) is 2.80. The topological polar surface area (TPSA) is 38.3 Å². The van der Waals surface area contributed by atoms with E-state index in [1.54, 1.807) is 0 Å². The molecule has 0 radical (unpaired) electrons. The van der Waals surface area contributed by atoms with E-state index in [2.05, 4.69) is 32.2 Å². The molecule has 25 heavy (non-hydrogen) atoms. The smallest absolute Gasteiger partial charge is 0.259 e. The summed E-state index contributed by atoms with van der Waals surface area (Å²) in [6, 6.07) is 15.4. The molecule has 0 aliphatic heterocycles. The molecule has 0 saturated heterocycles. The lowest BCUT2D eigenvalue weighted by Crippen LogP contribution is -2.15. The Hall–Kier alpha value is -2.29. The second-order valence-electron chi connectivity index (χ2n) is 6.60. The Morgan fingerprint density at radius 1 is 1.00 bits per heavy atom. The number of para-hydroxylation sites is 2. The van der Waals surface area contributed by atoms with Gasteiger partial charge in [0.2, 0.25) is 0 Å². The molecule has 0 bridgehead atoms. The maximum Gasteiger partial charge on any atom is 0.259 e. The van der Waals surface area contributed by atoms with Crippen molar-refractivity contribution in [3.63, 3.8) is 0 Å². The van der Waals surface area contributed by atoms with E-state index in [-0.39, 0.29) is 5.91 Å². The average Bonchev–Trinajstić information content (AvgIpc) is 2.62. The van der Waals surface area contributed by atoms with Gasteiger partial charge in [-0.25, -0.2) is 0 Å². The number of unbranched alkanes of at least 4 members (excludes halogenated alkanes) is 3. The molecular weight excluding hydrogens is 310 g/mol.